The molecule has 2 rings (SSSR count). The zero-order valence-electron chi connectivity index (χ0n) is 9.12. The molecule has 2 heterocycles. The third-order valence-corrected chi connectivity index (χ3v) is 2.36. The van der Waals surface area contributed by atoms with Crippen molar-refractivity contribution >= 4 is 5.69 Å². The van der Waals surface area contributed by atoms with Crippen LogP contribution in [0.1, 0.15) is 17.0 Å². The summed E-state index contributed by atoms with van der Waals surface area (Å²) < 4.78 is 17.9. The lowest BCUT2D eigenvalue weighted by Gasteiger charge is -2.05. The van der Waals surface area contributed by atoms with Crippen molar-refractivity contribution in [3.8, 4) is 0 Å². The van der Waals surface area contributed by atoms with Gasteiger partial charge in [-0.1, -0.05) is 5.16 Å². The average Bonchev–Trinajstić information content (AvgIpc) is 2.56. The van der Waals surface area contributed by atoms with E-state index in [0.29, 0.717) is 12.2 Å². The highest BCUT2D eigenvalue weighted by Gasteiger charge is 2.08. The Morgan fingerprint density at radius 3 is 2.81 bits per heavy atom. The standard InChI is InChI=1S/C11H12FN3O/c1-7-11(8(2)16-15-7)6-14-10-3-9(12)4-13-5-10/h3-5,14H,6H2,1-2H3. The van der Waals surface area contributed by atoms with Crippen LogP contribution in [0, 0.1) is 19.7 Å². The number of rotatable bonds is 3. The number of aromatic nitrogens is 2. The second-order valence-corrected chi connectivity index (χ2v) is 3.55. The molecule has 2 aromatic heterocycles. The van der Waals surface area contributed by atoms with Gasteiger partial charge < -0.3 is 9.84 Å². The number of nitrogens with one attached hydrogen (secondary N) is 1. The fourth-order valence-electron chi connectivity index (χ4n) is 1.45. The topological polar surface area (TPSA) is 51.0 Å². The van der Waals surface area contributed by atoms with Crippen LogP contribution in [0.4, 0.5) is 10.1 Å². The zero-order chi connectivity index (χ0) is 11.5. The van der Waals surface area contributed by atoms with Crippen LogP contribution >= 0.6 is 0 Å². The smallest absolute Gasteiger partial charge is 0.143 e. The molecular weight excluding hydrogens is 209 g/mol. The van der Waals surface area contributed by atoms with Crippen LogP contribution < -0.4 is 5.32 Å². The lowest BCUT2D eigenvalue weighted by Crippen LogP contribution is -2.01. The summed E-state index contributed by atoms with van der Waals surface area (Å²) in [6.07, 6.45) is 2.74. The predicted octanol–water partition coefficient (Wildman–Crippen LogP) is 2.44. The van der Waals surface area contributed by atoms with Crippen LogP contribution in [-0.4, -0.2) is 10.1 Å². The van der Waals surface area contributed by atoms with Crippen molar-refractivity contribution in [3.63, 3.8) is 0 Å². The number of aryl methyl sites for hydroxylation is 2. The van der Waals surface area contributed by atoms with Gasteiger partial charge in [0.25, 0.3) is 0 Å². The summed E-state index contributed by atoms with van der Waals surface area (Å²) in [5, 5.41) is 6.91. The van der Waals surface area contributed by atoms with E-state index in [1.807, 2.05) is 13.8 Å². The Balaban J connectivity index is 2.08. The minimum atomic E-state index is -0.358. The molecule has 0 bridgehead atoms. The van der Waals surface area contributed by atoms with Crippen LogP contribution in [0.15, 0.2) is 23.0 Å². The van der Waals surface area contributed by atoms with E-state index >= 15 is 0 Å². The zero-order valence-corrected chi connectivity index (χ0v) is 9.12. The predicted molar refractivity (Wildman–Crippen MR) is 57.5 cm³/mol. The Kier molecular flexibility index (Phi) is 2.85. The SMILES string of the molecule is Cc1noc(C)c1CNc1cncc(F)c1. The lowest BCUT2D eigenvalue weighted by molar-refractivity contribution is 0.392. The Morgan fingerprint density at radius 2 is 2.19 bits per heavy atom. The van der Waals surface area contributed by atoms with Gasteiger partial charge >= 0.3 is 0 Å². The molecule has 0 fully saturated rings. The van der Waals surface area contributed by atoms with E-state index in [2.05, 4.69) is 15.5 Å². The van der Waals surface area contributed by atoms with Crippen molar-refractivity contribution in [2.45, 2.75) is 20.4 Å². The Hall–Kier alpha value is -1.91. The van der Waals surface area contributed by atoms with E-state index < -0.39 is 0 Å². The monoisotopic (exact) mass is 221 g/mol. The second kappa shape index (κ2) is 4.30. The molecule has 5 heteroatoms. The van der Waals surface area contributed by atoms with Crippen LogP contribution in [0.3, 0.4) is 0 Å². The van der Waals surface area contributed by atoms with Crippen molar-refractivity contribution in [3.05, 3.63) is 41.3 Å². The molecule has 0 radical (unpaired) electrons. The Bertz CT molecular complexity index is 476. The summed E-state index contributed by atoms with van der Waals surface area (Å²) in [6, 6.07) is 1.39. The first-order valence-corrected chi connectivity index (χ1v) is 4.93. The molecule has 0 amide bonds. The number of anilines is 1. The van der Waals surface area contributed by atoms with Gasteiger partial charge in [-0.25, -0.2) is 4.39 Å². The van der Waals surface area contributed by atoms with Gasteiger partial charge in [0.2, 0.25) is 0 Å². The Morgan fingerprint density at radius 1 is 1.38 bits per heavy atom. The van der Waals surface area contributed by atoms with Gasteiger partial charge in [0, 0.05) is 18.2 Å². The second-order valence-electron chi connectivity index (χ2n) is 3.55. The minimum Gasteiger partial charge on any atom is -0.379 e. The molecule has 0 aliphatic carbocycles. The largest absolute Gasteiger partial charge is 0.379 e. The van der Waals surface area contributed by atoms with Crippen molar-refractivity contribution in [2.24, 2.45) is 0 Å². The molecule has 16 heavy (non-hydrogen) atoms. The molecule has 84 valence electrons. The maximum Gasteiger partial charge on any atom is 0.143 e. The molecule has 1 N–H and O–H groups in total. The van der Waals surface area contributed by atoms with Crippen LogP contribution in [0.5, 0.6) is 0 Å². The highest BCUT2D eigenvalue weighted by atomic mass is 19.1. The lowest BCUT2D eigenvalue weighted by atomic mass is 10.2. The summed E-state index contributed by atoms with van der Waals surface area (Å²) in [7, 11) is 0. The summed E-state index contributed by atoms with van der Waals surface area (Å²) in [5.41, 5.74) is 2.47. The normalized spacial score (nSPS) is 10.4. The van der Waals surface area contributed by atoms with E-state index in [1.165, 1.54) is 12.3 Å². The molecule has 0 atom stereocenters. The van der Waals surface area contributed by atoms with Gasteiger partial charge in [0.05, 0.1) is 23.8 Å². The average molecular weight is 221 g/mol. The number of pyridine rings is 1. The summed E-state index contributed by atoms with van der Waals surface area (Å²) >= 11 is 0. The quantitative estimate of drug-likeness (QED) is 0.864. The summed E-state index contributed by atoms with van der Waals surface area (Å²) in [4.78, 5) is 3.75. The fourth-order valence-corrected chi connectivity index (χ4v) is 1.45. The van der Waals surface area contributed by atoms with E-state index in [0.717, 1.165) is 17.0 Å². The molecular formula is C11H12FN3O. The van der Waals surface area contributed by atoms with Crippen molar-refractivity contribution in [2.75, 3.05) is 5.32 Å². The van der Waals surface area contributed by atoms with E-state index in [9.17, 15) is 4.39 Å². The van der Waals surface area contributed by atoms with Gasteiger partial charge in [0.15, 0.2) is 0 Å². The third kappa shape index (κ3) is 2.18. The molecule has 0 aliphatic rings. The van der Waals surface area contributed by atoms with Crippen LogP contribution in [0.25, 0.3) is 0 Å². The third-order valence-electron chi connectivity index (χ3n) is 2.36. The van der Waals surface area contributed by atoms with Gasteiger partial charge in [-0.05, 0) is 13.8 Å². The fraction of sp³-hybridized carbons (Fsp3) is 0.273. The highest BCUT2D eigenvalue weighted by Crippen LogP contribution is 2.15. The number of hydrogen-bond donors (Lipinski definition) is 1. The Labute approximate surface area is 92.5 Å². The number of halogens is 1. The van der Waals surface area contributed by atoms with Crippen molar-refractivity contribution in [1.29, 1.82) is 0 Å². The van der Waals surface area contributed by atoms with Gasteiger partial charge in [0.1, 0.15) is 11.6 Å². The molecule has 4 nitrogen and oxygen atoms in total. The van der Waals surface area contributed by atoms with Crippen LogP contribution in [0.2, 0.25) is 0 Å². The first-order chi connectivity index (χ1) is 7.66. The summed E-state index contributed by atoms with van der Waals surface area (Å²) in [5.74, 6) is 0.415. The summed E-state index contributed by atoms with van der Waals surface area (Å²) in [6.45, 7) is 4.27. The first kappa shape index (κ1) is 10.6. The van der Waals surface area contributed by atoms with E-state index in [4.69, 9.17) is 4.52 Å². The van der Waals surface area contributed by atoms with Crippen molar-refractivity contribution < 1.29 is 8.91 Å². The molecule has 0 unspecified atom stereocenters. The van der Waals surface area contributed by atoms with E-state index in [-0.39, 0.29) is 5.82 Å². The van der Waals surface area contributed by atoms with Crippen LogP contribution in [-0.2, 0) is 6.54 Å². The molecule has 2 aromatic rings. The van der Waals surface area contributed by atoms with Gasteiger partial charge in [-0.15, -0.1) is 0 Å². The number of hydrogen-bond acceptors (Lipinski definition) is 4. The maximum atomic E-state index is 12.9. The van der Waals surface area contributed by atoms with E-state index in [1.54, 1.807) is 6.20 Å². The molecule has 0 spiro atoms. The highest BCUT2D eigenvalue weighted by molar-refractivity contribution is 5.41. The molecule has 0 saturated carbocycles. The number of nitrogens with zero attached hydrogens (tertiary/aromatic N) is 2. The molecule has 0 saturated heterocycles. The first-order valence-electron chi connectivity index (χ1n) is 4.93. The van der Waals surface area contributed by atoms with Crippen molar-refractivity contribution in [1.82, 2.24) is 10.1 Å². The maximum absolute atomic E-state index is 12.9. The van der Waals surface area contributed by atoms with Gasteiger partial charge in [-0.2, -0.15) is 0 Å². The molecule has 0 aromatic carbocycles. The minimum absolute atomic E-state index is 0.358. The molecule has 0 aliphatic heterocycles. The van der Waals surface area contributed by atoms with Gasteiger partial charge in [-0.3, -0.25) is 4.98 Å².